The van der Waals surface area contributed by atoms with Crippen LogP contribution in [-0.2, 0) is 13.0 Å². The van der Waals surface area contributed by atoms with Crippen LogP contribution in [0, 0.1) is 5.82 Å². The fourth-order valence-corrected chi connectivity index (χ4v) is 2.50. The van der Waals surface area contributed by atoms with Gasteiger partial charge in [-0.3, -0.25) is 4.79 Å². The van der Waals surface area contributed by atoms with Crippen molar-refractivity contribution in [3.05, 3.63) is 95.3 Å². The van der Waals surface area contributed by atoms with Crippen molar-refractivity contribution in [3.8, 4) is 11.5 Å². The van der Waals surface area contributed by atoms with Crippen molar-refractivity contribution < 1.29 is 18.7 Å². The van der Waals surface area contributed by atoms with Gasteiger partial charge in [-0.05, 0) is 41.5 Å². The minimum atomic E-state index is -0.254. The number of ether oxygens (including phenoxy) is 2. The summed E-state index contributed by atoms with van der Waals surface area (Å²) in [7, 11) is 0. The first-order valence-corrected chi connectivity index (χ1v) is 8.38. The summed E-state index contributed by atoms with van der Waals surface area (Å²) in [4.78, 5) is 11.0. The lowest BCUT2D eigenvalue weighted by molar-refractivity contribution is 0.112. The first kappa shape index (κ1) is 17.7. The molecular formula is C22H19FO3. The molecule has 3 nitrogen and oxygen atoms in total. The van der Waals surface area contributed by atoms with Crippen LogP contribution in [0.3, 0.4) is 0 Å². The Kier molecular flexibility index (Phi) is 5.99. The van der Waals surface area contributed by atoms with Gasteiger partial charge in [0.15, 0.2) is 11.5 Å². The SMILES string of the molecule is O=Cc1ccc(OCCc2ccc(F)cc2)c(OCc2ccccc2)c1. The molecule has 4 heteroatoms. The molecular weight excluding hydrogens is 331 g/mol. The van der Waals surface area contributed by atoms with Gasteiger partial charge in [-0.1, -0.05) is 42.5 Å². The van der Waals surface area contributed by atoms with Gasteiger partial charge in [0.05, 0.1) is 6.61 Å². The number of carbonyl (C=O) groups excluding carboxylic acids is 1. The number of halogens is 1. The molecule has 0 radical (unpaired) electrons. The van der Waals surface area contributed by atoms with Gasteiger partial charge in [-0.2, -0.15) is 0 Å². The number of rotatable bonds is 8. The Labute approximate surface area is 152 Å². The van der Waals surface area contributed by atoms with E-state index >= 15 is 0 Å². The second-order valence-electron chi connectivity index (χ2n) is 5.82. The Balaban J connectivity index is 1.65. The summed E-state index contributed by atoms with van der Waals surface area (Å²) < 4.78 is 24.6. The van der Waals surface area contributed by atoms with Gasteiger partial charge < -0.3 is 9.47 Å². The molecule has 0 N–H and O–H groups in total. The Bertz CT molecular complexity index is 845. The van der Waals surface area contributed by atoms with Gasteiger partial charge in [0.25, 0.3) is 0 Å². The first-order chi connectivity index (χ1) is 12.7. The van der Waals surface area contributed by atoms with Crippen molar-refractivity contribution in [1.29, 1.82) is 0 Å². The normalized spacial score (nSPS) is 10.3. The Morgan fingerprint density at radius 1 is 0.808 bits per heavy atom. The highest BCUT2D eigenvalue weighted by Crippen LogP contribution is 2.29. The molecule has 3 aromatic rings. The third-order valence-corrected chi connectivity index (χ3v) is 3.90. The lowest BCUT2D eigenvalue weighted by Gasteiger charge is -2.13. The third kappa shape index (κ3) is 4.93. The Morgan fingerprint density at radius 3 is 2.31 bits per heavy atom. The minimum absolute atomic E-state index is 0.254. The largest absolute Gasteiger partial charge is 0.489 e. The zero-order valence-electron chi connectivity index (χ0n) is 14.2. The van der Waals surface area contributed by atoms with Crippen LogP contribution < -0.4 is 9.47 Å². The predicted molar refractivity (Wildman–Crippen MR) is 98.2 cm³/mol. The molecule has 0 fully saturated rings. The molecule has 0 aliphatic heterocycles. The van der Waals surface area contributed by atoms with Crippen LogP contribution in [-0.4, -0.2) is 12.9 Å². The summed E-state index contributed by atoms with van der Waals surface area (Å²) in [6.07, 6.45) is 1.42. The van der Waals surface area contributed by atoms with Crippen molar-refractivity contribution in [2.24, 2.45) is 0 Å². The molecule has 0 aromatic heterocycles. The maximum atomic E-state index is 12.9. The van der Waals surface area contributed by atoms with E-state index in [-0.39, 0.29) is 5.82 Å². The Morgan fingerprint density at radius 2 is 1.58 bits per heavy atom. The fourth-order valence-electron chi connectivity index (χ4n) is 2.50. The molecule has 0 aliphatic rings. The third-order valence-electron chi connectivity index (χ3n) is 3.90. The molecule has 0 spiro atoms. The van der Waals surface area contributed by atoms with Crippen LogP contribution in [0.15, 0.2) is 72.8 Å². The number of carbonyl (C=O) groups is 1. The van der Waals surface area contributed by atoms with E-state index in [1.54, 1.807) is 30.3 Å². The van der Waals surface area contributed by atoms with Crippen molar-refractivity contribution in [1.82, 2.24) is 0 Å². The quantitative estimate of drug-likeness (QED) is 0.546. The van der Waals surface area contributed by atoms with E-state index in [0.29, 0.717) is 36.7 Å². The van der Waals surface area contributed by atoms with Gasteiger partial charge in [-0.25, -0.2) is 4.39 Å². The number of aldehydes is 1. The summed E-state index contributed by atoms with van der Waals surface area (Å²) in [5.74, 6) is 0.849. The van der Waals surface area contributed by atoms with E-state index in [1.807, 2.05) is 30.3 Å². The van der Waals surface area contributed by atoms with Gasteiger partial charge >= 0.3 is 0 Å². The topological polar surface area (TPSA) is 35.5 Å². The van der Waals surface area contributed by atoms with Crippen LogP contribution >= 0.6 is 0 Å². The lowest BCUT2D eigenvalue weighted by atomic mass is 10.1. The van der Waals surface area contributed by atoms with E-state index in [4.69, 9.17) is 9.47 Å². The number of benzene rings is 3. The van der Waals surface area contributed by atoms with Gasteiger partial charge in [-0.15, -0.1) is 0 Å². The van der Waals surface area contributed by atoms with E-state index in [0.717, 1.165) is 17.4 Å². The average Bonchev–Trinajstić information content (AvgIpc) is 2.69. The molecule has 0 saturated heterocycles. The standard InChI is InChI=1S/C22H19FO3/c23-20-9-6-17(7-10-20)12-13-25-21-11-8-19(15-24)14-22(21)26-16-18-4-2-1-3-5-18/h1-11,14-15H,12-13,16H2. The summed E-state index contributed by atoms with van der Waals surface area (Å²) in [5, 5.41) is 0. The lowest BCUT2D eigenvalue weighted by Crippen LogP contribution is -2.04. The number of hydrogen-bond donors (Lipinski definition) is 0. The molecule has 132 valence electrons. The van der Waals surface area contributed by atoms with Crippen molar-refractivity contribution >= 4 is 6.29 Å². The van der Waals surface area contributed by atoms with E-state index in [2.05, 4.69) is 0 Å². The highest BCUT2D eigenvalue weighted by atomic mass is 19.1. The van der Waals surface area contributed by atoms with Crippen molar-refractivity contribution in [2.45, 2.75) is 13.0 Å². The van der Waals surface area contributed by atoms with Gasteiger partial charge in [0, 0.05) is 12.0 Å². The van der Waals surface area contributed by atoms with Crippen LogP contribution in [0.1, 0.15) is 21.5 Å². The van der Waals surface area contributed by atoms with Crippen LogP contribution in [0.2, 0.25) is 0 Å². The van der Waals surface area contributed by atoms with Gasteiger partial charge in [0.1, 0.15) is 18.7 Å². The summed E-state index contributed by atoms with van der Waals surface area (Å²) in [6, 6.07) is 21.2. The molecule has 0 heterocycles. The molecule has 0 amide bonds. The molecule has 0 saturated carbocycles. The maximum absolute atomic E-state index is 12.9. The number of hydrogen-bond acceptors (Lipinski definition) is 3. The van der Waals surface area contributed by atoms with E-state index in [1.165, 1.54) is 12.1 Å². The monoisotopic (exact) mass is 350 g/mol. The predicted octanol–water partition coefficient (Wildman–Crippen LogP) is 4.84. The molecule has 3 rings (SSSR count). The highest BCUT2D eigenvalue weighted by molar-refractivity contribution is 5.76. The smallest absolute Gasteiger partial charge is 0.162 e. The fraction of sp³-hybridized carbons (Fsp3) is 0.136. The summed E-state index contributed by atoms with van der Waals surface area (Å²) in [6.45, 7) is 0.811. The second kappa shape index (κ2) is 8.81. The van der Waals surface area contributed by atoms with Crippen molar-refractivity contribution in [2.75, 3.05) is 6.61 Å². The van der Waals surface area contributed by atoms with E-state index in [9.17, 15) is 9.18 Å². The molecule has 3 aromatic carbocycles. The maximum Gasteiger partial charge on any atom is 0.162 e. The van der Waals surface area contributed by atoms with Crippen LogP contribution in [0.4, 0.5) is 4.39 Å². The zero-order chi connectivity index (χ0) is 18.2. The van der Waals surface area contributed by atoms with Crippen LogP contribution in [0.25, 0.3) is 0 Å². The first-order valence-electron chi connectivity index (χ1n) is 8.38. The molecule has 0 aliphatic carbocycles. The summed E-state index contributed by atoms with van der Waals surface area (Å²) >= 11 is 0. The molecule has 0 unspecified atom stereocenters. The highest BCUT2D eigenvalue weighted by Gasteiger charge is 2.08. The molecule has 0 bridgehead atoms. The summed E-state index contributed by atoms with van der Waals surface area (Å²) in [5.41, 5.74) is 2.54. The molecule has 0 atom stereocenters. The van der Waals surface area contributed by atoms with Gasteiger partial charge in [0.2, 0.25) is 0 Å². The second-order valence-corrected chi connectivity index (χ2v) is 5.82. The molecule has 26 heavy (non-hydrogen) atoms. The minimum Gasteiger partial charge on any atom is -0.489 e. The van der Waals surface area contributed by atoms with Crippen molar-refractivity contribution in [3.63, 3.8) is 0 Å². The average molecular weight is 350 g/mol. The Hall–Kier alpha value is -3.14. The zero-order valence-corrected chi connectivity index (χ0v) is 14.2. The van der Waals surface area contributed by atoms with E-state index < -0.39 is 0 Å². The van der Waals surface area contributed by atoms with Crippen LogP contribution in [0.5, 0.6) is 11.5 Å².